The number of hydrogen-bond acceptors (Lipinski definition) is 4. The lowest BCUT2D eigenvalue weighted by atomic mass is 10.2. The Morgan fingerprint density at radius 2 is 1.73 bits per heavy atom. The molecule has 2 atom stereocenters. The highest BCUT2D eigenvalue weighted by Crippen LogP contribution is 2.55. The van der Waals surface area contributed by atoms with Crippen LogP contribution in [0.2, 0.25) is 0 Å². The van der Waals surface area contributed by atoms with Gasteiger partial charge in [0.25, 0.3) is 5.92 Å². The maximum absolute atomic E-state index is 13.1. The van der Waals surface area contributed by atoms with Gasteiger partial charge in [-0.05, 0) is 0 Å². The molecule has 0 bridgehead atoms. The maximum Gasteiger partial charge on any atom is 0.490 e. The largest absolute Gasteiger partial charge is 0.490 e. The van der Waals surface area contributed by atoms with E-state index in [0.717, 1.165) is 11.5 Å². The standard InChI is InChI=1S/C9H14F2N2OS.C2HF3O2/c10-9(11)6(5-12)7(9)8(14)13-1-3-15-4-2-13;3-2(4,5)1(6)7/h6-7H,1-5,12H2;(H,6,7)/t6-,7-;/m1./s1. The number of nitrogens with two attached hydrogens (primary N) is 1. The minimum absolute atomic E-state index is 0.105. The van der Waals surface area contributed by atoms with Gasteiger partial charge in [-0.2, -0.15) is 24.9 Å². The first-order valence-corrected chi connectivity index (χ1v) is 7.43. The van der Waals surface area contributed by atoms with Crippen LogP contribution < -0.4 is 5.73 Å². The third-order valence-electron chi connectivity index (χ3n) is 3.29. The predicted molar refractivity (Wildman–Crippen MR) is 68.6 cm³/mol. The monoisotopic (exact) mass is 350 g/mol. The zero-order valence-corrected chi connectivity index (χ0v) is 12.1. The quantitative estimate of drug-likeness (QED) is 0.727. The number of carbonyl (C=O) groups excluding carboxylic acids is 1. The fourth-order valence-electron chi connectivity index (χ4n) is 2.00. The number of amides is 1. The molecule has 22 heavy (non-hydrogen) atoms. The molecule has 2 rings (SSSR count). The number of carbonyl (C=O) groups is 2. The number of halogens is 5. The van der Waals surface area contributed by atoms with Crippen LogP contribution in [0, 0.1) is 11.8 Å². The van der Waals surface area contributed by atoms with Crippen LogP contribution in [0.15, 0.2) is 0 Å². The molecule has 1 heterocycles. The summed E-state index contributed by atoms with van der Waals surface area (Å²) in [4.78, 5) is 22.2. The molecule has 0 aromatic rings. The van der Waals surface area contributed by atoms with Gasteiger partial charge in [0.15, 0.2) is 0 Å². The van der Waals surface area contributed by atoms with Crippen LogP contribution in [-0.2, 0) is 9.59 Å². The molecule has 5 nitrogen and oxygen atoms in total. The Kier molecular flexibility index (Phi) is 6.02. The highest BCUT2D eigenvalue weighted by atomic mass is 32.2. The molecule has 0 radical (unpaired) electrons. The summed E-state index contributed by atoms with van der Waals surface area (Å²) in [5.74, 6) is -6.42. The van der Waals surface area contributed by atoms with Gasteiger partial charge < -0.3 is 15.7 Å². The smallest absolute Gasteiger partial charge is 0.475 e. The van der Waals surface area contributed by atoms with Crippen molar-refractivity contribution >= 4 is 23.6 Å². The van der Waals surface area contributed by atoms with Crippen molar-refractivity contribution in [1.82, 2.24) is 4.90 Å². The number of carboxylic acid groups (broad SMARTS) is 1. The molecule has 2 aliphatic rings. The van der Waals surface area contributed by atoms with E-state index in [1.54, 1.807) is 16.7 Å². The number of hydrogen-bond donors (Lipinski definition) is 2. The lowest BCUT2D eigenvalue weighted by Gasteiger charge is -2.26. The van der Waals surface area contributed by atoms with Crippen LogP contribution in [-0.4, -0.2) is 65.1 Å². The summed E-state index contributed by atoms with van der Waals surface area (Å²) in [6.07, 6.45) is -5.08. The van der Waals surface area contributed by atoms with E-state index in [1.165, 1.54) is 0 Å². The fourth-order valence-corrected chi connectivity index (χ4v) is 2.90. The number of alkyl halides is 5. The SMILES string of the molecule is NC[C@@H]1[C@H](C(=O)N2CCSCC2)C1(F)F.O=C(O)C(F)(F)F. The number of thioether (sulfide) groups is 1. The summed E-state index contributed by atoms with van der Waals surface area (Å²) in [5, 5.41) is 7.12. The maximum atomic E-state index is 13.1. The van der Waals surface area contributed by atoms with Gasteiger partial charge in [0, 0.05) is 31.1 Å². The van der Waals surface area contributed by atoms with Crippen LogP contribution in [0.4, 0.5) is 22.0 Å². The fraction of sp³-hybridized carbons (Fsp3) is 0.818. The summed E-state index contributed by atoms with van der Waals surface area (Å²) >= 11 is 1.75. The average molecular weight is 350 g/mol. The second-order valence-electron chi connectivity index (χ2n) is 4.73. The van der Waals surface area contributed by atoms with Gasteiger partial charge in [0.1, 0.15) is 5.92 Å². The Bertz CT molecular complexity index is 426. The van der Waals surface area contributed by atoms with Gasteiger partial charge in [0.05, 0.1) is 5.92 Å². The zero-order chi connectivity index (χ0) is 17.1. The van der Waals surface area contributed by atoms with Gasteiger partial charge in [-0.25, -0.2) is 13.6 Å². The lowest BCUT2D eigenvalue weighted by molar-refractivity contribution is -0.192. The van der Waals surface area contributed by atoms with Crippen molar-refractivity contribution in [3.05, 3.63) is 0 Å². The van der Waals surface area contributed by atoms with Crippen molar-refractivity contribution < 1.29 is 36.6 Å². The third kappa shape index (κ3) is 4.45. The molecular weight excluding hydrogens is 335 g/mol. The zero-order valence-electron chi connectivity index (χ0n) is 11.3. The van der Waals surface area contributed by atoms with Crippen molar-refractivity contribution in [3.63, 3.8) is 0 Å². The Morgan fingerprint density at radius 3 is 2.05 bits per heavy atom. The summed E-state index contributed by atoms with van der Waals surface area (Å²) < 4.78 is 58.0. The number of carboxylic acids is 1. The van der Waals surface area contributed by atoms with Crippen LogP contribution in [0.3, 0.4) is 0 Å². The minimum atomic E-state index is -5.08. The van der Waals surface area contributed by atoms with E-state index in [-0.39, 0.29) is 6.54 Å². The summed E-state index contributed by atoms with van der Waals surface area (Å²) in [6.45, 7) is 1.08. The Morgan fingerprint density at radius 1 is 1.27 bits per heavy atom. The Labute approximate surface area is 127 Å². The molecule has 0 unspecified atom stereocenters. The summed E-state index contributed by atoms with van der Waals surface area (Å²) in [5.41, 5.74) is 5.21. The van der Waals surface area contributed by atoms with Gasteiger partial charge in [-0.1, -0.05) is 0 Å². The van der Waals surface area contributed by atoms with E-state index in [2.05, 4.69) is 0 Å². The van der Waals surface area contributed by atoms with Crippen molar-refractivity contribution in [1.29, 1.82) is 0 Å². The minimum Gasteiger partial charge on any atom is -0.475 e. The molecule has 128 valence electrons. The van der Waals surface area contributed by atoms with Crippen LogP contribution >= 0.6 is 11.8 Å². The van der Waals surface area contributed by atoms with Crippen LogP contribution in [0.5, 0.6) is 0 Å². The van der Waals surface area contributed by atoms with Crippen molar-refractivity contribution in [3.8, 4) is 0 Å². The van der Waals surface area contributed by atoms with Crippen molar-refractivity contribution in [2.45, 2.75) is 12.1 Å². The molecule has 11 heteroatoms. The second-order valence-corrected chi connectivity index (χ2v) is 5.96. The molecule has 1 aliphatic carbocycles. The van der Waals surface area contributed by atoms with Gasteiger partial charge in [-0.3, -0.25) is 4.79 Å². The Hall–Kier alpha value is -1.10. The Balaban J connectivity index is 0.000000295. The normalized spacial score (nSPS) is 26.7. The molecule has 0 spiro atoms. The van der Waals surface area contributed by atoms with Crippen LogP contribution in [0.1, 0.15) is 0 Å². The topological polar surface area (TPSA) is 83.6 Å². The number of rotatable bonds is 2. The van der Waals surface area contributed by atoms with E-state index in [0.29, 0.717) is 13.1 Å². The molecule has 0 aromatic heterocycles. The molecule has 1 amide bonds. The second kappa shape index (κ2) is 6.99. The molecule has 0 aromatic carbocycles. The van der Waals surface area contributed by atoms with Crippen molar-refractivity contribution in [2.24, 2.45) is 17.6 Å². The predicted octanol–water partition coefficient (Wildman–Crippen LogP) is 1.04. The number of aliphatic carboxylic acids is 1. The highest BCUT2D eigenvalue weighted by molar-refractivity contribution is 7.99. The van der Waals surface area contributed by atoms with Gasteiger partial charge >= 0.3 is 12.1 Å². The molecule has 1 saturated heterocycles. The third-order valence-corrected chi connectivity index (χ3v) is 4.23. The van der Waals surface area contributed by atoms with E-state index in [1.807, 2.05) is 0 Å². The van der Waals surface area contributed by atoms with E-state index in [9.17, 15) is 26.7 Å². The van der Waals surface area contributed by atoms with E-state index >= 15 is 0 Å². The van der Waals surface area contributed by atoms with E-state index in [4.69, 9.17) is 15.6 Å². The summed E-state index contributed by atoms with van der Waals surface area (Å²) in [7, 11) is 0. The first kappa shape index (κ1) is 18.9. The summed E-state index contributed by atoms with van der Waals surface area (Å²) in [6, 6.07) is 0. The average Bonchev–Trinajstić information content (AvgIpc) is 3.00. The van der Waals surface area contributed by atoms with Crippen molar-refractivity contribution in [2.75, 3.05) is 31.1 Å². The lowest BCUT2D eigenvalue weighted by Crippen LogP contribution is -2.40. The first-order chi connectivity index (χ1) is 10.0. The molecule has 1 saturated carbocycles. The molecular formula is C11H15F5N2O3S. The van der Waals surface area contributed by atoms with Crippen LogP contribution in [0.25, 0.3) is 0 Å². The first-order valence-electron chi connectivity index (χ1n) is 6.28. The highest BCUT2D eigenvalue weighted by Gasteiger charge is 2.71. The number of nitrogens with zero attached hydrogens (tertiary/aromatic N) is 1. The van der Waals surface area contributed by atoms with Gasteiger partial charge in [0.2, 0.25) is 5.91 Å². The molecule has 3 N–H and O–H groups in total. The molecule has 2 fully saturated rings. The molecule has 1 aliphatic heterocycles. The van der Waals surface area contributed by atoms with E-state index < -0.39 is 35.8 Å². The van der Waals surface area contributed by atoms with Gasteiger partial charge in [-0.15, -0.1) is 0 Å².